The Morgan fingerprint density at radius 2 is 0.744 bits per heavy atom. The number of aromatic amines is 3. The van der Waals surface area contributed by atoms with Gasteiger partial charge in [0, 0.05) is 35.3 Å². The summed E-state index contributed by atoms with van der Waals surface area (Å²) in [5.41, 5.74) is 4.26. The van der Waals surface area contributed by atoms with Crippen LogP contribution in [0.2, 0.25) is 0 Å². The summed E-state index contributed by atoms with van der Waals surface area (Å²) in [6, 6.07) is 22.6. The summed E-state index contributed by atoms with van der Waals surface area (Å²) in [5.74, 6) is 3.13. The Morgan fingerprint density at radius 1 is 0.410 bits per heavy atom. The van der Waals surface area contributed by atoms with E-state index in [0.29, 0.717) is 52.0 Å². The third-order valence-electron chi connectivity index (χ3n) is 5.89. The molecule has 0 saturated carbocycles. The molecular weight excluding hydrogens is 492 g/mol. The Hall–Kier alpha value is -5.91. The smallest absolute Gasteiger partial charge is 0.181 e. The van der Waals surface area contributed by atoms with Crippen LogP contribution in [-0.4, -0.2) is 60.5 Å². The van der Waals surface area contributed by atoms with Crippen molar-refractivity contribution in [3.8, 4) is 68.7 Å². The predicted octanol–water partition coefficient (Wildman–Crippen LogP) is 4.23. The Kier molecular flexibility index (Phi) is 5.44. The molecule has 0 spiro atoms. The summed E-state index contributed by atoms with van der Waals surface area (Å²) in [7, 11) is 0. The third kappa shape index (κ3) is 4.42. The van der Waals surface area contributed by atoms with Gasteiger partial charge in [-0.15, -0.1) is 0 Å². The molecule has 186 valence electrons. The molecule has 0 aliphatic heterocycles. The van der Waals surface area contributed by atoms with E-state index in [0.717, 1.165) is 16.7 Å². The van der Waals surface area contributed by atoms with Crippen LogP contribution in [0.15, 0.2) is 91.4 Å². The van der Waals surface area contributed by atoms with Gasteiger partial charge in [0.05, 0.1) is 0 Å². The van der Waals surface area contributed by atoms with Crippen LogP contribution in [-0.2, 0) is 0 Å². The van der Waals surface area contributed by atoms with Gasteiger partial charge < -0.3 is 0 Å². The van der Waals surface area contributed by atoms with Crippen molar-refractivity contribution in [2.45, 2.75) is 0 Å². The molecule has 1 aromatic carbocycles. The molecule has 0 atom stereocenters. The lowest BCUT2D eigenvalue weighted by Crippen LogP contribution is -1.90. The molecular formula is C27H18N12. The number of hydrogen-bond acceptors (Lipinski definition) is 9. The molecule has 12 nitrogen and oxygen atoms in total. The average Bonchev–Trinajstić information content (AvgIpc) is 3.80. The molecule has 6 heterocycles. The molecule has 39 heavy (non-hydrogen) atoms. The zero-order valence-corrected chi connectivity index (χ0v) is 20.2. The zero-order chi connectivity index (χ0) is 26.0. The molecule has 12 heteroatoms. The standard InChI is InChI=1S/C27H18N12/c1-4-10-28-19(7-1)25-31-22(34-37-25)16-13-17(23-32-26(38-35-23)20-8-2-5-11-29-20)15-18(14-16)24-33-27(39-36-24)21-9-3-6-12-30-21/h1-15H,(H,31,34,37)(H,32,35,38)(H,33,36,39). The van der Waals surface area contributed by atoms with Crippen molar-refractivity contribution < 1.29 is 0 Å². The van der Waals surface area contributed by atoms with Gasteiger partial charge in [-0.05, 0) is 54.6 Å². The maximum absolute atomic E-state index is 4.68. The van der Waals surface area contributed by atoms with E-state index >= 15 is 0 Å². The monoisotopic (exact) mass is 510 g/mol. The minimum Gasteiger partial charge on any atom is -0.257 e. The molecule has 0 amide bonds. The number of pyridine rings is 3. The van der Waals surface area contributed by atoms with E-state index in [4.69, 9.17) is 0 Å². The van der Waals surface area contributed by atoms with Gasteiger partial charge in [0.25, 0.3) is 0 Å². The maximum Gasteiger partial charge on any atom is 0.181 e. The summed E-state index contributed by atoms with van der Waals surface area (Å²) < 4.78 is 0. The van der Waals surface area contributed by atoms with Crippen molar-refractivity contribution in [1.82, 2.24) is 60.5 Å². The number of nitrogens with one attached hydrogen (secondary N) is 3. The van der Waals surface area contributed by atoms with Gasteiger partial charge in [-0.1, -0.05) is 18.2 Å². The van der Waals surface area contributed by atoms with Crippen molar-refractivity contribution >= 4 is 0 Å². The molecule has 0 saturated heterocycles. The Labute approximate surface area is 220 Å². The van der Waals surface area contributed by atoms with Crippen LogP contribution in [0.1, 0.15) is 0 Å². The minimum absolute atomic E-state index is 0.486. The molecule has 0 bridgehead atoms. The second kappa shape index (κ2) is 9.52. The predicted molar refractivity (Wildman–Crippen MR) is 142 cm³/mol. The van der Waals surface area contributed by atoms with E-state index in [1.54, 1.807) is 18.6 Å². The fraction of sp³-hybridized carbons (Fsp3) is 0. The average molecular weight is 511 g/mol. The highest BCUT2D eigenvalue weighted by Gasteiger charge is 2.17. The first-order valence-corrected chi connectivity index (χ1v) is 12.0. The number of hydrogen-bond donors (Lipinski definition) is 3. The van der Waals surface area contributed by atoms with Crippen LogP contribution >= 0.6 is 0 Å². The second-order valence-corrected chi connectivity index (χ2v) is 8.47. The van der Waals surface area contributed by atoms with E-state index in [1.165, 1.54) is 0 Å². The van der Waals surface area contributed by atoms with Gasteiger partial charge in [0.1, 0.15) is 17.1 Å². The van der Waals surface area contributed by atoms with E-state index < -0.39 is 0 Å². The fourth-order valence-corrected chi connectivity index (χ4v) is 4.04. The second-order valence-electron chi connectivity index (χ2n) is 8.47. The van der Waals surface area contributed by atoms with Crippen LogP contribution in [0.5, 0.6) is 0 Å². The lowest BCUT2D eigenvalue weighted by atomic mass is 10.0. The molecule has 7 rings (SSSR count). The molecule has 0 aliphatic rings. The largest absolute Gasteiger partial charge is 0.257 e. The lowest BCUT2D eigenvalue weighted by molar-refractivity contribution is 1.08. The first-order valence-electron chi connectivity index (χ1n) is 12.0. The minimum atomic E-state index is 0.486. The number of nitrogens with zero attached hydrogens (tertiary/aromatic N) is 9. The first kappa shape index (κ1) is 22.3. The lowest BCUT2D eigenvalue weighted by Gasteiger charge is -2.04. The van der Waals surface area contributed by atoms with E-state index in [1.807, 2.05) is 72.8 Å². The van der Waals surface area contributed by atoms with Crippen LogP contribution < -0.4 is 0 Å². The number of H-pyrrole nitrogens is 3. The van der Waals surface area contributed by atoms with E-state index in [-0.39, 0.29) is 0 Å². The summed E-state index contributed by atoms with van der Waals surface area (Å²) in [4.78, 5) is 27.1. The fourth-order valence-electron chi connectivity index (χ4n) is 4.04. The molecule has 0 aliphatic carbocycles. The number of benzene rings is 1. The molecule has 0 fully saturated rings. The Morgan fingerprint density at radius 3 is 1.03 bits per heavy atom. The van der Waals surface area contributed by atoms with Crippen molar-refractivity contribution in [3.63, 3.8) is 0 Å². The summed E-state index contributed by atoms with van der Waals surface area (Å²) in [5, 5.41) is 22.3. The number of aromatic nitrogens is 12. The Bertz CT molecular complexity index is 1630. The van der Waals surface area contributed by atoms with Crippen molar-refractivity contribution in [2.24, 2.45) is 0 Å². The van der Waals surface area contributed by atoms with Gasteiger partial charge in [-0.25, -0.2) is 15.0 Å². The summed E-state index contributed by atoms with van der Waals surface area (Å²) in [6.45, 7) is 0. The Balaban J connectivity index is 1.33. The molecule has 6 aromatic heterocycles. The maximum atomic E-state index is 4.68. The molecule has 7 aromatic rings. The highest BCUT2D eigenvalue weighted by Crippen LogP contribution is 2.31. The SMILES string of the molecule is c1ccc(-c2nc(-c3cc(-c4n[nH]c(-c5ccccn5)n4)cc(-c4n[nH]c(-c5ccccn5)n4)c3)n[nH]2)nc1. The summed E-state index contributed by atoms with van der Waals surface area (Å²) in [6.07, 6.45) is 5.13. The van der Waals surface area contributed by atoms with Crippen LogP contribution in [0.4, 0.5) is 0 Å². The molecule has 3 N–H and O–H groups in total. The van der Waals surface area contributed by atoms with E-state index in [2.05, 4.69) is 60.5 Å². The quantitative estimate of drug-likeness (QED) is 0.297. The first-order chi connectivity index (χ1) is 19.3. The van der Waals surface area contributed by atoms with E-state index in [9.17, 15) is 0 Å². The zero-order valence-electron chi connectivity index (χ0n) is 20.2. The van der Waals surface area contributed by atoms with Crippen molar-refractivity contribution in [3.05, 3.63) is 91.4 Å². The van der Waals surface area contributed by atoms with Gasteiger partial charge in [-0.2, -0.15) is 15.3 Å². The van der Waals surface area contributed by atoms with Gasteiger partial charge in [-0.3, -0.25) is 30.2 Å². The highest BCUT2D eigenvalue weighted by atomic mass is 15.2. The topological polar surface area (TPSA) is 163 Å². The summed E-state index contributed by atoms with van der Waals surface area (Å²) >= 11 is 0. The van der Waals surface area contributed by atoms with Crippen LogP contribution in [0.25, 0.3) is 68.7 Å². The third-order valence-corrected chi connectivity index (χ3v) is 5.89. The van der Waals surface area contributed by atoms with Crippen molar-refractivity contribution in [1.29, 1.82) is 0 Å². The highest BCUT2D eigenvalue weighted by molar-refractivity contribution is 5.76. The van der Waals surface area contributed by atoms with Gasteiger partial charge in [0.15, 0.2) is 34.9 Å². The molecule has 0 radical (unpaired) electrons. The van der Waals surface area contributed by atoms with Crippen LogP contribution in [0.3, 0.4) is 0 Å². The van der Waals surface area contributed by atoms with Gasteiger partial charge >= 0.3 is 0 Å². The van der Waals surface area contributed by atoms with Gasteiger partial charge in [0.2, 0.25) is 0 Å². The van der Waals surface area contributed by atoms with Crippen molar-refractivity contribution in [2.75, 3.05) is 0 Å². The number of rotatable bonds is 6. The van der Waals surface area contributed by atoms with Crippen LogP contribution in [0, 0.1) is 0 Å². The normalized spacial score (nSPS) is 11.1. The molecule has 0 unspecified atom stereocenters.